The van der Waals surface area contributed by atoms with Gasteiger partial charge >= 0.3 is 0 Å². The smallest absolute Gasteiger partial charge is 0.287 e. The highest BCUT2D eigenvalue weighted by Crippen LogP contribution is 2.15. The average molecular weight is 262 g/mol. The number of carbonyl (C=O) groups is 1. The van der Waals surface area contributed by atoms with Gasteiger partial charge in [-0.2, -0.15) is 0 Å². The third-order valence-electron chi connectivity index (χ3n) is 2.78. The van der Waals surface area contributed by atoms with Crippen molar-refractivity contribution in [3.8, 4) is 0 Å². The maximum absolute atomic E-state index is 13.1. The Morgan fingerprint density at radius 1 is 1.42 bits per heavy atom. The number of carbonyl (C=O) groups excluding carboxylic acids is 1. The van der Waals surface area contributed by atoms with E-state index in [9.17, 15) is 9.18 Å². The van der Waals surface area contributed by atoms with Crippen LogP contribution in [0.1, 0.15) is 34.8 Å². The summed E-state index contributed by atoms with van der Waals surface area (Å²) in [7, 11) is 0. The fraction of sp³-hybridized carbons (Fsp3) is 0.214. The highest BCUT2D eigenvalue weighted by atomic mass is 19.1. The van der Waals surface area contributed by atoms with Gasteiger partial charge in [0.25, 0.3) is 5.91 Å². The Labute approximate surface area is 110 Å². The zero-order valence-electron chi connectivity index (χ0n) is 10.5. The van der Waals surface area contributed by atoms with E-state index in [1.807, 2.05) is 0 Å². The molecule has 0 aliphatic rings. The standard InChI is InChI=1S/C14H15FN2O2/c1-9(10-3-2-4-11(15)7-10)17-14(18)13-6-5-12(8-16)19-13/h2-7,9H,8,16H2,1H3,(H,17,18). The highest BCUT2D eigenvalue weighted by Gasteiger charge is 2.14. The fourth-order valence-electron chi connectivity index (χ4n) is 1.74. The summed E-state index contributed by atoms with van der Waals surface area (Å²) >= 11 is 0. The van der Waals surface area contributed by atoms with Gasteiger partial charge in [0.2, 0.25) is 0 Å². The molecule has 0 spiro atoms. The maximum atomic E-state index is 13.1. The molecule has 0 bridgehead atoms. The van der Waals surface area contributed by atoms with Crippen molar-refractivity contribution in [3.63, 3.8) is 0 Å². The highest BCUT2D eigenvalue weighted by molar-refractivity contribution is 5.91. The Balaban J connectivity index is 2.06. The van der Waals surface area contributed by atoms with Crippen LogP contribution in [-0.4, -0.2) is 5.91 Å². The van der Waals surface area contributed by atoms with Crippen LogP contribution < -0.4 is 11.1 Å². The van der Waals surface area contributed by atoms with Gasteiger partial charge in [-0.15, -0.1) is 0 Å². The van der Waals surface area contributed by atoms with E-state index in [1.54, 1.807) is 31.2 Å². The van der Waals surface area contributed by atoms with Gasteiger partial charge in [0.05, 0.1) is 12.6 Å². The van der Waals surface area contributed by atoms with Crippen LogP contribution in [0.2, 0.25) is 0 Å². The third kappa shape index (κ3) is 3.20. The molecule has 4 nitrogen and oxygen atoms in total. The molecule has 1 amide bonds. The van der Waals surface area contributed by atoms with Crippen LogP contribution in [0.4, 0.5) is 4.39 Å². The number of halogens is 1. The van der Waals surface area contributed by atoms with Gasteiger partial charge < -0.3 is 15.5 Å². The summed E-state index contributed by atoms with van der Waals surface area (Å²) in [4.78, 5) is 11.9. The summed E-state index contributed by atoms with van der Waals surface area (Å²) < 4.78 is 18.3. The van der Waals surface area contributed by atoms with Gasteiger partial charge in [0, 0.05) is 0 Å². The molecule has 100 valence electrons. The summed E-state index contributed by atoms with van der Waals surface area (Å²) in [5, 5.41) is 2.74. The Bertz CT molecular complexity index is 580. The summed E-state index contributed by atoms with van der Waals surface area (Å²) in [6.07, 6.45) is 0. The van der Waals surface area contributed by atoms with Crippen LogP contribution in [0.15, 0.2) is 40.8 Å². The number of furan rings is 1. The second-order valence-electron chi connectivity index (χ2n) is 4.22. The maximum Gasteiger partial charge on any atom is 0.287 e. The van der Waals surface area contributed by atoms with Gasteiger partial charge in [-0.3, -0.25) is 4.79 Å². The van der Waals surface area contributed by atoms with Crippen molar-refractivity contribution >= 4 is 5.91 Å². The molecule has 1 aromatic heterocycles. The number of hydrogen-bond donors (Lipinski definition) is 2. The van der Waals surface area contributed by atoms with Crippen molar-refractivity contribution in [2.45, 2.75) is 19.5 Å². The molecule has 2 rings (SSSR count). The van der Waals surface area contributed by atoms with Gasteiger partial charge in [-0.1, -0.05) is 12.1 Å². The molecule has 1 atom stereocenters. The van der Waals surface area contributed by atoms with E-state index in [-0.39, 0.29) is 30.1 Å². The lowest BCUT2D eigenvalue weighted by atomic mass is 10.1. The van der Waals surface area contributed by atoms with Gasteiger partial charge in [-0.25, -0.2) is 4.39 Å². The van der Waals surface area contributed by atoms with Crippen molar-refractivity contribution in [2.24, 2.45) is 5.73 Å². The minimum Gasteiger partial charge on any atom is -0.455 e. The van der Waals surface area contributed by atoms with E-state index in [1.165, 1.54) is 12.1 Å². The van der Waals surface area contributed by atoms with E-state index >= 15 is 0 Å². The molecule has 1 heterocycles. The number of rotatable bonds is 4. The zero-order chi connectivity index (χ0) is 13.8. The van der Waals surface area contributed by atoms with E-state index in [2.05, 4.69) is 5.32 Å². The molecular formula is C14H15FN2O2. The molecular weight excluding hydrogens is 247 g/mol. The van der Waals surface area contributed by atoms with Gasteiger partial charge in [-0.05, 0) is 36.8 Å². The summed E-state index contributed by atoms with van der Waals surface area (Å²) in [5.74, 6) is 0.0609. The topological polar surface area (TPSA) is 68.3 Å². The second kappa shape index (κ2) is 5.67. The van der Waals surface area contributed by atoms with E-state index in [4.69, 9.17) is 10.2 Å². The number of nitrogens with one attached hydrogen (secondary N) is 1. The lowest BCUT2D eigenvalue weighted by Crippen LogP contribution is -2.26. The van der Waals surface area contributed by atoms with Crippen LogP contribution in [0.25, 0.3) is 0 Å². The summed E-state index contributed by atoms with van der Waals surface area (Å²) in [6, 6.07) is 9.01. The Hall–Kier alpha value is -2.14. The van der Waals surface area contributed by atoms with Crippen molar-refractivity contribution in [1.29, 1.82) is 0 Å². The number of nitrogens with two attached hydrogens (primary N) is 1. The van der Waals surface area contributed by atoms with Crippen molar-refractivity contribution in [2.75, 3.05) is 0 Å². The predicted octanol–water partition coefficient (Wildman–Crippen LogP) is 2.37. The largest absolute Gasteiger partial charge is 0.455 e. The number of hydrogen-bond acceptors (Lipinski definition) is 3. The molecule has 1 aromatic carbocycles. The summed E-state index contributed by atoms with van der Waals surface area (Å²) in [6.45, 7) is 2.02. The minimum absolute atomic E-state index is 0.198. The number of amides is 1. The molecule has 2 aromatic rings. The Kier molecular flexibility index (Phi) is 3.97. The predicted molar refractivity (Wildman–Crippen MR) is 68.9 cm³/mol. The van der Waals surface area contributed by atoms with E-state index < -0.39 is 0 Å². The summed E-state index contributed by atoms with van der Waals surface area (Å²) in [5.41, 5.74) is 6.10. The number of benzene rings is 1. The first-order valence-corrected chi connectivity index (χ1v) is 5.95. The molecule has 0 aliphatic heterocycles. The minimum atomic E-state index is -0.350. The molecule has 0 saturated carbocycles. The van der Waals surface area contributed by atoms with Gasteiger partial charge in [0.1, 0.15) is 11.6 Å². The Morgan fingerprint density at radius 2 is 2.21 bits per heavy atom. The van der Waals surface area contributed by atoms with Crippen LogP contribution in [0.3, 0.4) is 0 Å². The molecule has 3 N–H and O–H groups in total. The molecule has 0 fully saturated rings. The van der Waals surface area contributed by atoms with Crippen molar-refractivity contribution in [3.05, 3.63) is 59.3 Å². The first-order valence-electron chi connectivity index (χ1n) is 5.95. The first kappa shape index (κ1) is 13.3. The first-order chi connectivity index (χ1) is 9.10. The molecule has 19 heavy (non-hydrogen) atoms. The molecule has 1 unspecified atom stereocenters. The molecule has 5 heteroatoms. The second-order valence-corrected chi connectivity index (χ2v) is 4.22. The van der Waals surface area contributed by atoms with Crippen LogP contribution in [0, 0.1) is 5.82 Å². The zero-order valence-corrected chi connectivity index (χ0v) is 10.5. The van der Waals surface area contributed by atoms with Crippen LogP contribution >= 0.6 is 0 Å². The van der Waals surface area contributed by atoms with Crippen molar-refractivity contribution < 1.29 is 13.6 Å². The lowest BCUT2D eigenvalue weighted by Gasteiger charge is -2.13. The van der Waals surface area contributed by atoms with Gasteiger partial charge in [0.15, 0.2) is 5.76 Å². The molecule has 0 saturated heterocycles. The molecule has 0 radical (unpaired) electrons. The van der Waals surface area contributed by atoms with E-state index in [0.29, 0.717) is 11.3 Å². The average Bonchev–Trinajstić information content (AvgIpc) is 2.87. The normalized spacial score (nSPS) is 12.2. The molecule has 0 aliphatic carbocycles. The quantitative estimate of drug-likeness (QED) is 0.888. The monoisotopic (exact) mass is 262 g/mol. The van der Waals surface area contributed by atoms with Crippen molar-refractivity contribution in [1.82, 2.24) is 5.32 Å². The fourth-order valence-corrected chi connectivity index (χ4v) is 1.74. The SMILES string of the molecule is CC(NC(=O)c1ccc(CN)o1)c1cccc(F)c1. The van der Waals surface area contributed by atoms with Crippen LogP contribution in [0.5, 0.6) is 0 Å². The van der Waals surface area contributed by atoms with Crippen LogP contribution in [-0.2, 0) is 6.54 Å². The Morgan fingerprint density at radius 3 is 2.84 bits per heavy atom. The lowest BCUT2D eigenvalue weighted by molar-refractivity contribution is 0.0910. The third-order valence-corrected chi connectivity index (χ3v) is 2.78. The van der Waals surface area contributed by atoms with E-state index in [0.717, 1.165) is 0 Å².